The summed E-state index contributed by atoms with van der Waals surface area (Å²) in [4.78, 5) is 19.5. The van der Waals surface area contributed by atoms with E-state index in [0.29, 0.717) is 12.0 Å². The molecule has 1 aromatic heterocycles. The van der Waals surface area contributed by atoms with Crippen LogP contribution < -0.4 is 5.73 Å². The van der Waals surface area contributed by atoms with Gasteiger partial charge in [0.25, 0.3) is 0 Å². The van der Waals surface area contributed by atoms with Gasteiger partial charge in [-0.05, 0) is 12.1 Å². The third kappa shape index (κ3) is 5.39. The van der Waals surface area contributed by atoms with Crippen LogP contribution in [0.5, 0.6) is 0 Å². The lowest BCUT2D eigenvalue weighted by molar-refractivity contribution is -0.137. The molecular formula is C8H11NO4S. The third-order valence-corrected chi connectivity index (χ3v) is 1.57. The zero-order valence-electron chi connectivity index (χ0n) is 7.29. The van der Waals surface area contributed by atoms with Gasteiger partial charge in [-0.3, -0.25) is 9.59 Å². The van der Waals surface area contributed by atoms with Crippen LogP contribution in [0.15, 0.2) is 22.8 Å². The minimum Gasteiger partial charge on any atom is -0.480 e. The molecule has 6 heteroatoms. The smallest absolute Gasteiger partial charge is 0.321 e. The molecule has 0 aliphatic carbocycles. The zero-order chi connectivity index (χ0) is 11.0. The molecule has 0 amide bonds. The summed E-state index contributed by atoms with van der Waals surface area (Å²) in [6.07, 6.45) is 2.13. The van der Waals surface area contributed by atoms with Crippen molar-refractivity contribution in [1.29, 1.82) is 0 Å². The topological polar surface area (TPSA) is 93.5 Å². The Labute approximate surface area is 86.3 Å². The average Bonchev–Trinajstić information content (AvgIpc) is 2.69. The van der Waals surface area contributed by atoms with Gasteiger partial charge in [-0.15, -0.1) is 0 Å². The van der Waals surface area contributed by atoms with Crippen molar-refractivity contribution in [2.24, 2.45) is 5.73 Å². The van der Waals surface area contributed by atoms with E-state index in [-0.39, 0.29) is 5.75 Å². The van der Waals surface area contributed by atoms with Crippen molar-refractivity contribution in [3.05, 3.63) is 24.2 Å². The van der Waals surface area contributed by atoms with Gasteiger partial charge in [0.15, 0.2) is 12.0 Å². The number of carbonyl (C=O) groups excluding carboxylic acids is 1. The molecule has 0 aromatic carbocycles. The highest BCUT2D eigenvalue weighted by atomic mass is 32.1. The fourth-order valence-electron chi connectivity index (χ4n) is 0.436. The minimum absolute atomic E-state index is 0.190. The first-order valence-electron chi connectivity index (χ1n) is 3.69. The number of rotatable bonds is 3. The Bertz CT molecular complexity index is 273. The van der Waals surface area contributed by atoms with E-state index < -0.39 is 12.0 Å². The van der Waals surface area contributed by atoms with Gasteiger partial charge in [0.05, 0.1) is 6.26 Å². The van der Waals surface area contributed by atoms with E-state index in [4.69, 9.17) is 10.8 Å². The fourth-order valence-corrected chi connectivity index (χ4v) is 0.593. The maximum Gasteiger partial charge on any atom is 0.321 e. The van der Waals surface area contributed by atoms with Gasteiger partial charge < -0.3 is 15.3 Å². The summed E-state index contributed by atoms with van der Waals surface area (Å²) < 4.78 is 4.61. The van der Waals surface area contributed by atoms with Crippen LogP contribution in [0, 0.1) is 0 Å². The predicted octanol–water partition coefficient (Wildman–Crippen LogP) is 0.420. The second-order valence-corrected chi connectivity index (χ2v) is 2.63. The van der Waals surface area contributed by atoms with Crippen LogP contribution in [-0.2, 0) is 4.79 Å². The first kappa shape index (κ1) is 12.7. The first-order chi connectivity index (χ1) is 6.61. The molecule has 1 unspecified atom stereocenters. The zero-order valence-corrected chi connectivity index (χ0v) is 8.18. The van der Waals surface area contributed by atoms with Gasteiger partial charge in [0.2, 0.25) is 0 Å². The Morgan fingerprint density at radius 2 is 2.43 bits per heavy atom. The molecular weight excluding hydrogens is 206 g/mol. The number of carbonyl (C=O) groups is 2. The van der Waals surface area contributed by atoms with Crippen LogP contribution in [0.2, 0.25) is 0 Å². The number of furan rings is 1. The summed E-state index contributed by atoms with van der Waals surface area (Å²) in [5.41, 5.74) is 4.94. The van der Waals surface area contributed by atoms with Crippen LogP contribution in [-0.4, -0.2) is 29.2 Å². The minimum atomic E-state index is -1.00. The highest BCUT2D eigenvalue weighted by molar-refractivity contribution is 7.80. The molecule has 0 aliphatic heterocycles. The van der Waals surface area contributed by atoms with E-state index in [1.54, 1.807) is 12.1 Å². The van der Waals surface area contributed by atoms with Gasteiger partial charge in [-0.1, -0.05) is 0 Å². The largest absolute Gasteiger partial charge is 0.480 e. The SMILES string of the molecule is NC(CS)C(=O)O.O=Cc1ccco1. The summed E-state index contributed by atoms with van der Waals surface area (Å²) in [6.45, 7) is 0. The van der Waals surface area contributed by atoms with Crippen molar-refractivity contribution < 1.29 is 19.1 Å². The summed E-state index contributed by atoms with van der Waals surface area (Å²) in [6, 6.07) is 2.46. The second kappa shape index (κ2) is 7.16. The Morgan fingerprint density at radius 3 is 2.57 bits per heavy atom. The van der Waals surface area contributed by atoms with Gasteiger partial charge in [-0.25, -0.2) is 0 Å². The first-order valence-corrected chi connectivity index (χ1v) is 4.33. The molecule has 0 radical (unpaired) electrons. The molecule has 0 spiro atoms. The number of hydrogen-bond acceptors (Lipinski definition) is 5. The van der Waals surface area contributed by atoms with Crippen LogP contribution >= 0.6 is 12.6 Å². The van der Waals surface area contributed by atoms with Crippen molar-refractivity contribution in [3.8, 4) is 0 Å². The van der Waals surface area contributed by atoms with Gasteiger partial charge in [0.1, 0.15) is 6.04 Å². The Morgan fingerprint density at radius 1 is 1.79 bits per heavy atom. The number of nitrogens with two attached hydrogens (primary N) is 1. The quantitative estimate of drug-likeness (QED) is 0.504. The van der Waals surface area contributed by atoms with Crippen LogP contribution in [0.3, 0.4) is 0 Å². The molecule has 1 aromatic rings. The summed E-state index contributed by atoms with van der Waals surface area (Å²) in [5.74, 6) is -0.440. The van der Waals surface area contributed by atoms with Crippen LogP contribution in [0.1, 0.15) is 10.6 Å². The molecule has 1 atom stereocenters. The number of thiol groups is 1. The standard InChI is InChI=1S/C5H4O2.C3H7NO2S/c6-4-5-2-1-3-7-5;4-2(1-7)3(5)6/h1-4H;2,7H,1,4H2,(H,5,6). The van der Waals surface area contributed by atoms with Crippen molar-refractivity contribution in [2.75, 3.05) is 5.75 Å². The van der Waals surface area contributed by atoms with E-state index >= 15 is 0 Å². The van der Waals surface area contributed by atoms with E-state index in [1.807, 2.05) is 0 Å². The van der Waals surface area contributed by atoms with Crippen molar-refractivity contribution >= 4 is 24.9 Å². The fraction of sp³-hybridized carbons (Fsp3) is 0.250. The summed E-state index contributed by atoms with van der Waals surface area (Å²) in [7, 11) is 0. The molecule has 1 heterocycles. The number of aldehydes is 1. The van der Waals surface area contributed by atoms with E-state index in [1.165, 1.54) is 6.26 Å². The molecule has 0 saturated carbocycles. The van der Waals surface area contributed by atoms with E-state index in [2.05, 4.69) is 17.0 Å². The lowest BCUT2D eigenvalue weighted by Gasteiger charge is -1.96. The second-order valence-electron chi connectivity index (χ2n) is 2.26. The van der Waals surface area contributed by atoms with Crippen molar-refractivity contribution in [1.82, 2.24) is 0 Å². The average molecular weight is 217 g/mol. The van der Waals surface area contributed by atoms with E-state index in [9.17, 15) is 9.59 Å². The lowest BCUT2D eigenvalue weighted by Crippen LogP contribution is -2.31. The van der Waals surface area contributed by atoms with Crippen molar-refractivity contribution in [3.63, 3.8) is 0 Å². The van der Waals surface area contributed by atoms with Gasteiger partial charge in [-0.2, -0.15) is 12.6 Å². The number of carboxylic acid groups (broad SMARTS) is 1. The molecule has 0 fully saturated rings. The molecule has 1 rings (SSSR count). The Balaban J connectivity index is 0.000000241. The molecule has 0 bridgehead atoms. The molecule has 0 aliphatic rings. The number of carboxylic acids is 1. The number of aliphatic carboxylic acids is 1. The van der Waals surface area contributed by atoms with Gasteiger partial charge in [0, 0.05) is 5.75 Å². The molecule has 3 N–H and O–H groups in total. The van der Waals surface area contributed by atoms with Crippen molar-refractivity contribution in [2.45, 2.75) is 6.04 Å². The molecule has 78 valence electrons. The highest BCUT2D eigenvalue weighted by Crippen LogP contribution is 1.92. The Kier molecular flexibility index (Phi) is 6.51. The number of hydrogen-bond donors (Lipinski definition) is 3. The molecule has 0 saturated heterocycles. The Hall–Kier alpha value is -1.27. The maximum absolute atomic E-state index is 9.77. The summed E-state index contributed by atoms with van der Waals surface area (Å²) in [5, 5.41) is 8.01. The highest BCUT2D eigenvalue weighted by Gasteiger charge is 2.06. The predicted molar refractivity (Wildman–Crippen MR) is 53.6 cm³/mol. The van der Waals surface area contributed by atoms with Crippen LogP contribution in [0.4, 0.5) is 0 Å². The van der Waals surface area contributed by atoms with Crippen LogP contribution in [0.25, 0.3) is 0 Å². The normalized spacial score (nSPS) is 11.0. The third-order valence-electron chi connectivity index (χ3n) is 1.17. The monoisotopic (exact) mass is 217 g/mol. The molecule has 5 nitrogen and oxygen atoms in total. The molecule has 14 heavy (non-hydrogen) atoms. The van der Waals surface area contributed by atoms with Gasteiger partial charge >= 0.3 is 5.97 Å². The summed E-state index contributed by atoms with van der Waals surface area (Å²) >= 11 is 3.65. The van der Waals surface area contributed by atoms with E-state index in [0.717, 1.165) is 0 Å². The lowest BCUT2D eigenvalue weighted by atomic mass is 10.4. The maximum atomic E-state index is 9.77.